The lowest BCUT2D eigenvalue weighted by Gasteiger charge is -2.34. The molecule has 0 aromatic carbocycles. The van der Waals surface area contributed by atoms with Gasteiger partial charge in [-0.1, -0.05) is 6.07 Å². The average molecular weight is 476 g/mol. The van der Waals surface area contributed by atoms with Crippen molar-refractivity contribution in [2.75, 3.05) is 26.2 Å². The highest BCUT2D eigenvalue weighted by molar-refractivity contribution is 7.13. The summed E-state index contributed by atoms with van der Waals surface area (Å²) in [6.45, 7) is 2.97. The molecule has 5 heterocycles. The van der Waals surface area contributed by atoms with Gasteiger partial charge in [-0.2, -0.15) is 23.4 Å². The van der Waals surface area contributed by atoms with Crippen LogP contribution in [0.25, 0.3) is 16.2 Å². The van der Waals surface area contributed by atoms with Crippen molar-refractivity contribution in [1.82, 2.24) is 34.2 Å². The van der Waals surface area contributed by atoms with E-state index in [-0.39, 0.29) is 17.0 Å². The summed E-state index contributed by atoms with van der Waals surface area (Å²) in [6.07, 6.45) is -0.884. The molecular weight excluding hydrogens is 455 g/mol. The highest BCUT2D eigenvalue weighted by atomic mass is 32.1. The maximum atomic E-state index is 13.7. The largest absolute Gasteiger partial charge is 0.433 e. The second-order valence-electron chi connectivity index (χ2n) is 7.89. The topological polar surface area (TPSA) is 71.6 Å². The number of nitrogens with zero attached hydrogens (tertiary/aromatic N) is 7. The standard InChI is InChI=1S/C21H20F3N7OS/c1-28-12-14(11-25-28)13-29-4-6-30(7-5-29)20(32)16-10-19-26-15(17-3-2-8-33-17)9-18(21(22,23)24)31(19)27-16/h2-3,8-12H,4-7,13H2,1H3. The van der Waals surface area contributed by atoms with Crippen LogP contribution in [0.1, 0.15) is 21.7 Å². The van der Waals surface area contributed by atoms with E-state index in [1.165, 1.54) is 17.4 Å². The van der Waals surface area contributed by atoms with Crippen molar-refractivity contribution in [3.63, 3.8) is 0 Å². The molecule has 4 aromatic heterocycles. The summed E-state index contributed by atoms with van der Waals surface area (Å²) in [5.74, 6) is -0.396. The van der Waals surface area contributed by atoms with E-state index in [1.54, 1.807) is 27.1 Å². The second-order valence-corrected chi connectivity index (χ2v) is 8.84. The Balaban J connectivity index is 1.37. The molecule has 1 fully saturated rings. The molecule has 0 saturated carbocycles. The number of carbonyl (C=O) groups excluding carboxylic acids is 1. The van der Waals surface area contributed by atoms with E-state index in [1.807, 2.05) is 19.4 Å². The first-order valence-corrected chi connectivity index (χ1v) is 11.2. The van der Waals surface area contributed by atoms with Gasteiger partial charge in [0.2, 0.25) is 0 Å². The van der Waals surface area contributed by atoms with E-state index >= 15 is 0 Å². The number of piperazine rings is 1. The van der Waals surface area contributed by atoms with Crippen LogP contribution in [0.2, 0.25) is 0 Å². The maximum absolute atomic E-state index is 13.7. The minimum Gasteiger partial charge on any atom is -0.335 e. The number of rotatable bonds is 4. The molecule has 4 aromatic rings. The molecular formula is C21H20F3N7OS. The number of halogens is 3. The first-order valence-electron chi connectivity index (χ1n) is 10.3. The van der Waals surface area contributed by atoms with Gasteiger partial charge in [-0.15, -0.1) is 11.3 Å². The second kappa shape index (κ2) is 8.27. The Morgan fingerprint density at radius 3 is 2.61 bits per heavy atom. The van der Waals surface area contributed by atoms with Crippen LogP contribution in [0.4, 0.5) is 13.2 Å². The lowest BCUT2D eigenvalue weighted by molar-refractivity contribution is -0.142. The van der Waals surface area contributed by atoms with Gasteiger partial charge in [0.05, 0.1) is 16.8 Å². The summed E-state index contributed by atoms with van der Waals surface area (Å²) in [5, 5.41) is 9.92. The van der Waals surface area contributed by atoms with Gasteiger partial charge in [0.1, 0.15) is 0 Å². The van der Waals surface area contributed by atoms with Gasteiger partial charge in [0.25, 0.3) is 5.91 Å². The molecule has 0 spiro atoms. The van der Waals surface area contributed by atoms with Gasteiger partial charge >= 0.3 is 6.18 Å². The summed E-state index contributed by atoms with van der Waals surface area (Å²) >= 11 is 1.30. The number of thiophene rings is 1. The van der Waals surface area contributed by atoms with Crippen LogP contribution in [-0.2, 0) is 19.8 Å². The third kappa shape index (κ3) is 4.35. The fourth-order valence-corrected chi connectivity index (χ4v) is 4.60. The third-order valence-corrected chi connectivity index (χ3v) is 6.43. The highest BCUT2D eigenvalue weighted by Crippen LogP contribution is 2.33. The molecule has 1 aliphatic rings. The third-order valence-electron chi connectivity index (χ3n) is 5.53. The van der Waals surface area contributed by atoms with Gasteiger partial charge < -0.3 is 4.90 Å². The predicted molar refractivity (Wildman–Crippen MR) is 116 cm³/mol. The van der Waals surface area contributed by atoms with E-state index in [0.29, 0.717) is 35.6 Å². The van der Waals surface area contributed by atoms with Crippen LogP contribution >= 0.6 is 11.3 Å². The van der Waals surface area contributed by atoms with E-state index in [9.17, 15) is 18.0 Å². The molecule has 0 radical (unpaired) electrons. The molecule has 8 nitrogen and oxygen atoms in total. The van der Waals surface area contributed by atoms with Crippen molar-refractivity contribution in [2.45, 2.75) is 12.7 Å². The summed E-state index contributed by atoms with van der Waals surface area (Å²) in [6, 6.07) is 5.75. The van der Waals surface area contributed by atoms with Gasteiger partial charge in [-0.25, -0.2) is 9.50 Å². The number of carbonyl (C=O) groups is 1. The monoisotopic (exact) mass is 475 g/mol. The van der Waals surface area contributed by atoms with Crippen molar-refractivity contribution in [3.8, 4) is 10.6 Å². The molecule has 1 aliphatic heterocycles. The molecule has 1 amide bonds. The quantitative estimate of drug-likeness (QED) is 0.454. The Hall–Kier alpha value is -3.25. The van der Waals surface area contributed by atoms with E-state index < -0.39 is 17.8 Å². The Labute approximate surface area is 190 Å². The van der Waals surface area contributed by atoms with E-state index in [0.717, 1.165) is 18.2 Å². The van der Waals surface area contributed by atoms with Crippen LogP contribution in [0, 0.1) is 0 Å². The van der Waals surface area contributed by atoms with Crippen LogP contribution in [0.5, 0.6) is 0 Å². The molecule has 5 rings (SSSR count). The van der Waals surface area contributed by atoms with Crippen LogP contribution in [-0.4, -0.2) is 66.3 Å². The highest BCUT2D eigenvalue weighted by Gasteiger charge is 2.36. The van der Waals surface area contributed by atoms with Crippen molar-refractivity contribution in [2.24, 2.45) is 7.05 Å². The average Bonchev–Trinajstić information content (AvgIpc) is 3.53. The Morgan fingerprint density at radius 2 is 1.97 bits per heavy atom. The van der Waals surface area contributed by atoms with Gasteiger partial charge in [0, 0.05) is 57.6 Å². The van der Waals surface area contributed by atoms with Crippen molar-refractivity contribution < 1.29 is 18.0 Å². The van der Waals surface area contributed by atoms with Crippen molar-refractivity contribution in [1.29, 1.82) is 0 Å². The maximum Gasteiger partial charge on any atom is 0.433 e. The molecule has 0 aliphatic carbocycles. The molecule has 0 bridgehead atoms. The zero-order chi connectivity index (χ0) is 23.2. The molecule has 12 heteroatoms. The van der Waals surface area contributed by atoms with Crippen LogP contribution in [0.15, 0.2) is 42.0 Å². The first kappa shape index (κ1) is 21.6. The molecule has 0 atom stereocenters. The lowest BCUT2D eigenvalue weighted by Crippen LogP contribution is -2.48. The predicted octanol–water partition coefficient (Wildman–Crippen LogP) is 3.17. The number of fused-ring (bicyclic) bond motifs is 1. The van der Waals surface area contributed by atoms with E-state index in [4.69, 9.17) is 0 Å². The molecule has 172 valence electrons. The summed E-state index contributed by atoms with van der Waals surface area (Å²) in [4.78, 5) is 21.8. The van der Waals surface area contributed by atoms with Gasteiger partial charge in [-0.05, 0) is 17.5 Å². The minimum absolute atomic E-state index is 0.00760. The van der Waals surface area contributed by atoms with Crippen molar-refractivity contribution in [3.05, 3.63) is 59.0 Å². The lowest BCUT2D eigenvalue weighted by atomic mass is 10.2. The Kier molecular flexibility index (Phi) is 5.41. The Morgan fingerprint density at radius 1 is 1.18 bits per heavy atom. The SMILES string of the molecule is Cn1cc(CN2CCN(C(=O)c3cc4nc(-c5cccs5)cc(C(F)(F)F)n4n3)CC2)cn1. The van der Waals surface area contributed by atoms with Crippen molar-refractivity contribution >= 4 is 22.9 Å². The Bertz CT molecular complexity index is 1290. The molecule has 0 unspecified atom stereocenters. The summed E-state index contributed by atoms with van der Waals surface area (Å²) in [7, 11) is 1.86. The van der Waals surface area contributed by atoms with Gasteiger partial charge in [0.15, 0.2) is 17.0 Å². The zero-order valence-electron chi connectivity index (χ0n) is 17.7. The fraction of sp³-hybridized carbons (Fsp3) is 0.333. The number of hydrogen-bond donors (Lipinski definition) is 0. The molecule has 0 N–H and O–H groups in total. The molecule has 1 saturated heterocycles. The minimum atomic E-state index is -4.64. The number of hydrogen-bond acceptors (Lipinski definition) is 6. The van der Waals surface area contributed by atoms with Crippen LogP contribution < -0.4 is 0 Å². The number of aryl methyl sites for hydroxylation is 1. The number of alkyl halides is 3. The van der Waals surface area contributed by atoms with Gasteiger partial charge in [-0.3, -0.25) is 14.4 Å². The summed E-state index contributed by atoms with van der Waals surface area (Å²) in [5.41, 5.74) is 0.276. The zero-order valence-corrected chi connectivity index (χ0v) is 18.5. The summed E-state index contributed by atoms with van der Waals surface area (Å²) < 4.78 is 43.7. The number of amides is 1. The number of aromatic nitrogens is 5. The smallest absolute Gasteiger partial charge is 0.335 e. The first-order chi connectivity index (χ1) is 15.8. The molecule has 33 heavy (non-hydrogen) atoms. The van der Waals surface area contributed by atoms with E-state index in [2.05, 4.69) is 20.1 Å². The normalized spacial score (nSPS) is 15.5. The fourth-order valence-electron chi connectivity index (χ4n) is 3.91. The van der Waals surface area contributed by atoms with Crippen LogP contribution in [0.3, 0.4) is 0 Å².